The van der Waals surface area contributed by atoms with Crippen molar-refractivity contribution in [1.82, 2.24) is 0 Å². The monoisotopic (exact) mass is 392 g/mol. The Morgan fingerprint density at radius 3 is 2.55 bits per heavy atom. The molecule has 2 aromatic rings. The van der Waals surface area contributed by atoms with Gasteiger partial charge in [-0.2, -0.15) is 0 Å². The first kappa shape index (κ1) is 19.7. The van der Waals surface area contributed by atoms with Crippen LogP contribution in [0.25, 0.3) is 0 Å². The van der Waals surface area contributed by atoms with Crippen molar-refractivity contribution in [2.75, 3.05) is 0 Å². The van der Waals surface area contributed by atoms with Gasteiger partial charge in [0.25, 0.3) is 0 Å². The van der Waals surface area contributed by atoms with E-state index < -0.39 is 0 Å². The quantitative estimate of drug-likeness (QED) is 0.703. The molecule has 1 aliphatic heterocycles. The second-order valence-electron chi connectivity index (χ2n) is 8.23. The Kier molecular flexibility index (Phi) is 5.72. The van der Waals surface area contributed by atoms with Gasteiger partial charge >= 0.3 is 0 Å². The third-order valence-corrected chi connectivity index (χ3v) is 5.84. The average molecular weight is 392 g/mol. The van der Waals surface area contributed by atoms with Crippen molar-refractivity contribution in [2.45, 2.75) is 58.8 Å². The van der Waals surface area contributed by atoms with Crippen LogP contribution in [-0.2, 0) is 20.9 Å². The van der Waals surface area contributed by atoms with Crippen molar-refractivity contribution >= 4 is 5.78 Å². The van der Waals surface area contributed by atoms with Gasteiger partial charge in [0.2, 0.25) is 11.5 Å². The normalized spacial score (nSPS) is 23.8. The zero-order valence-corrected chi connectivity index (χ0v) is 17.3. The maximum atomic E-state index is 13.0. The van der Waals surface area contributed by atoms with Gasteiger partial charge in [0, 0.05) is 6.42 Å². The minimum absolute atomic E-state index is 0.0409. The molecule has 1 saturated carbocycles. The number of ether oxygens (including phenoxy) is 3. The largest absolute Gasteiger partial charge is 0.493 e. The van der Waals surface area contributed by atoms with E-state index >= 15 is 0 Å². The molecule has 2 aliphatic rings. The number of benzene rings is 2. The van der Waals surface area contributed by atoms with Gasteiger partial charge < -0.3 is 14.2 Å². The number of Topliss-reactive ketones (excluding diaryl/α,β-unsaturated/α-hetero) is 1. The van der Waals surface area contributed by atoms with Crippen LogP contribution in [0.2, 0.25) is 0 Å². The van der Waals surface area contributed by atoms with Crippen LogP contribution in [0.15, 0.2) is 54.5 Å². The molecule has 4 nitrogen and oxygen atoms in total. The summed E-state index contributed by atoms with van der Waals surface area (Å²) in [4.78, 5) is 13.0. The summed E-state index contributed by atoms with van der Waals surface area (Å²) in [6.45, 7) is 6.65. The summed E-state index contributed by atoms with van der Waals surface area (Å²) in [7, 11) is 0. The number of ketones is 1. The highest BCUT2D eigenvalue weighted by Gasteiger charge is 2.41. The van der Waals surface area contributed by atoms with Crippen LogP contribution in [0.1, 0.15) is 41.5 Å². The highest BCUT2D eigenvalue weighted by molar-refractivity contribution is 5.96. The number of rotatable bonds is 5. The summed E-state index contributed by atoms with van der Waals surface area (Å²) in [6.07, 6.45) is 3.82. The average Bonchev–Trinajstić information content (AvgIpc) is 2.72. The zero-order valence-electron chi connectivity index (χ0n) is 17.3. The number of hydrogen-bond acceptors (Lipinski definition) is 4. The van der Waals surface area contributed by atoms with Gasteiger partial charge in [-0.1, -0.05) is 42.0 Å². The molecule has 4 heteroatoms. The van der Waals surface area contributed by atoms with Crippen LogP contribution < -0.4 is 4.74 Å². The van der Waals surface area contributed by atoms with Crippen molar-refractivity contribution in [1.29, 1.82) is 0 Å². The van der Waals surface area contributed by atoms with E-state index in [4.69, 9.17) is 14.2 Å². The Bertz CT molecular complexity index is 913. The smallest absolute Gasteiger partial charge is 0.207 e. The minimum atomic E-state index is -0.153. The summed E-state index contributed by atoms with van der Waals surface area (Å²) in [5, 5.41) is 0. The van der Waals surface area contributed by atoms with E-state index in [1.165, 1.54) is 17.4 Å². The molecule has 0 radical (unpaired) electrons. The molecule has 1 heterocycles. The predicted octanol–water partition coefficient (Wildman–Crippen LogP) is 5.19. The fraction of sp³-hybridized carbons (Fsp3) is 0.400. The van der Waals surface area contributed by atoms with E-state index in [1.807, 2.05) is 32.0 Å². The topological polar surface area (TPSA) is 44.8 Å². The van der Waals surface area contributed by atoms with Crippen molar-refractivity contribution in [3.63, 3.8) is 0 Å². The van der Waals surface area contributed by atoms with Crippen molar-refractivity contribution in [3.05, 3.63) is 76.7 Å². The fourth-order valence-corrected chi connectivity index (χ4v) is 3.99. The van der Waals surface area contributed by atoms with E-state index in [0.717, 1.165) is 30.4 Å². The lowest BCUT2D eigenvalue weighted by molar-refractivity contribution is -0.134. The van der Waals surface area contributed by atoms with Gasteiger partial charge in [-0.15, -0.1) is 0 Å². The number of allylic oxidation sites excluding steroid dienone is 1. The van der Waals surface area contributed by atoms with Gasteiger partial charge in [0.05, 0.1) is 18.6 Å². The summed E-state index contributed by atoms with van der Waals surface area (Å²) in [5.74, 6) is 0.902. The van der Waals surface area contributed by atoms with Crippen LogP contribution >= 0.6 is 0 Å². The SMILES string of the molecule is Cc1ccc(COC2CCC3C(=O)C(Oc4cc(C)ccc4C)=COC3C2)cc1. The highest BCUT2D eigenvalue weighted by Crippen LogP contribution is 2.35. The lowest BCUT2D eigenvalue weighted by Crippen LogP contribution is -2.42. The highest BCUT2D eigenvalue weighted by atomic mass is 16.5. The second kappa shape index (κ2) is 8.42. The molecule has 3 unspecified atom stereocenters. The molecule has 0 aromatic heterocycles. The maximum Gasteiger partial charge on any atom is 0.207 e. The van der Waals surface area contributed by atoms with Crippen molar-refractivity contribution in [3.8, 4) is 5.75 Å². The van der Waals surface area contributed by atoms with Crippen molar-refractivity contribution in [2.24, 2.45) is 5.92 Å². The van der Waals surface area contributed by atoms with Gasteiger partial charge in [-0.3, -0.25) is 4.79 Å². The molecule has 0 saturated heterocycles. The number of aryl methyl sites for hydroxylation is 3. The Balaban J connectivity index is 1.37. The van der Waals surface area contributed by atoms with Crippen LogP contribution in [0, 0.1) is 26.7 Å². The molecule has 0 amide bonds. The standard InChI is InChI=1S/C25H28O4/c1-16-5-8-19(9-6-16)14-27-20-10-11-21-23(13-20)28-15-24(25(21)26)29-22-12-17(2)4-7-18(22)3/h4-9,12,15,20-21,23H,10-11,13-14H2,1-3H3. The Morgan fingerprint density at radius 1 is 1.00 bits per heavy atom. The maximum absolute atomic E-state index is 13.0. The van der Waals surface area contributed by atoms with Crippen LogP contribution in [-0.4, -0.2) is 18.0 Å². The molecular weight excluding hydrogens is 364 g/mol. The van der Waals surface area contributed by atoms with E-state index in [-0.39, 0.29) is 23.9 Å². The Morgan fingerprint density at radius 2 is 1.76 bits per heavy atom. The van der Waals surface area contributed by atoms with Gasteiger partial charge in [-0.25, -0.2) is 0 Å². The van der Waals surface area contributed by atoms with Crippen LogP contribution in [0.3, 0.4) is 0 Å². The van der Waals surface area contributed by atoms with Crippen molar-refractivity contribution < 1.29 is 19.0 Å². The first-order chi connectivity index (χ1) is 14.0. The fourth-order valence-electron chi connectivity index (χ4n) is 3.99. The molecule has 3 atom stereocenters. The summed E-state index contributed by atoms with van der Waals surface area (Å²) >= 11 is 0. The minimum Gasteiger partial charge on any atom is -0.493 e. The van der Waals surface area contributed by atoms with Gasteiger partial charge in [0.1, 0.15) is 18.1 Å². The molecular formula is C25H28O4. The molecule has 0 spiro atoms. The number of fused-ring (bicyclic) bond motifs is 1. The molecule has 2 aromatic carbocycles. The number of carbonyl (C=O) groups excluding carboxylic acids is 1. The molecule has 1 fully saturated rings. The summed E-state index contributed by atoms with van der Waals surface area (Å²) in [6, 6.07) is 14.4. The zero-order chi connectivity index (χ0) is 20.4. The van der Waals surface area contributed by atoms with Gasteiger partial charge in [0.15, 0.2) is 0 Å². The predicted molar refractivity (Wildman–Crippen MR) is 112 cm³/mol. The third kappa shape index (κ3) is 4.54. The molecule has 0 bridgehead atoms. The second-order valence-corrected chi connectivity index (χ2v) is 8.23. The van der Waals surface area contributed by atoms with E-state index in [2.05, 4.69) is 31.2 Å². The summed E-state index contributed by atoms with van der Waals surface area (Å²) in [5.41, 5.74) is 4.51. The third-order valence-electron chi connectivity index (χ3n) is 5.84. The van der Waals surface area contributed by atoms with E-state index in [0.29, 0.717) is 18.1 Å². The molecule has 1 aliphatic carbocycles. The van der Waals surface area contributed by atoms with Crippen LogP contribution in [0.4, 0.5) is 0 Å². The lowest BCUT2D eigenvalue weighted by Gasteiger charge is -2.37. The molecule has 29 heavy (non-hydrogen) atoms. The Labute approximate surface area is 172 Å². The van der Waals surface area contributed by atoms with E-state index in [1.54, 1.807) is 0 Å². The molecule has 4 rings (SSSR count). The Hall–Kier alpha value is -2.59. The first-order valence-electron chi connectivity index (χ1n) is 10.3. The molecule has 0 N–H and O–H groups in total. The molecule has 152 valence electrons. The first-order valence-corrected chi connectivity index (χ1v) is 10.3. The van der Waals surface area contributed by atoms with Crippen LogP contribution in [0.5, 0.6) is 5.75 Å². The number of carbonyl (C=O) groups is 1. The summed E-state index contributed by atoms with van der Waals surface area (Å²) < 4.78 is 17.9. The lowest BCUT2D eigenvalue weighted by atomic mass is 9.80. The van der Waals surface area contributed by atoms with E-state index in [9.17, 15) is 4.79 Å². The number of hydrogen-bond donors (Lipinski definition) is 0. The van der Waals surface area contributed by atoms with Gasteiger partial charge in [-0.05, 0) is 56.4 Å².